The van der Waals surface area contributed by atoms with Gasteiger partial charge in [-0.25, -0.2) is 9.59 Å². The van der Waals surface area contributed by atoms with Crippen molar-refractivity contribution in [2.75, 3.05) is 20.1 Å². The van der Waals surface area contributed by atoms with Crippen LogP contribution in [0.2, 0.25) is 0 Å². The smallest absolute Gasteiger partial charge is 0.410 e. The highest BCUT2D eigenvalue weighted by Crippen LogP contribution is 2.25. The molecule has 8 nitrogen and oxygen atoms in total. The average molecular weight is 374 g/mol. The van der Waals surface area contributed by atoms with Crippen LogP contribution in [0.4, 0.5) is 9.59 Å². The molecule has 0 aliphatic carbocycles. The van der Waals surface area contributed by atoms with Gasteiger partial charge < -0.3 is 24.6 Å². The molecular formula is C18H34N2O6. The zero-order valence-corrected chi connectivity index (χ0v) is 17.0. The summed E-state index contributed by atoms with van der Waals surface area (Å²) in [6, 6.07) is -0.549. The van der Waals surface area contributed by atoms with E-state index in [2.05, 4.69) is 0 Å². The molecule has 8 heteroatoms. The van der Waals surface area contributed by atoms with Crippen LogP contribution >= 0.6 is 0 Å². The zero-order valence-electron chi connectivity index (χ0n) is 17.0. The number of hydrogen-bond acceptors (Lipinski definition) is 6. The van der Waals surface area contributed by atoms with E-state index >= 15 is 0 Å². The van der Waals surface area contributed by atoms with Gasteiger partial charge in [0.05, 0.1) is 24.8 Å². The van der Waals surface area contributed by atoms with Crippen LogP contribution in [0.5, 0.6) is 0 Å². The normalized spacial score (nSPS) is 22.1. The van der Waals surface area contributed by atoms with E-state index in [4.69, 9.17) is 9.47 Å². The average Bonchev–Trinajstić information content (AvgIpc) is 2.83. The topological polar surface area (TPSA) is 99.5 Å². The summed E-state index contributed by atoms with van der Waals surface area (Å²) in [5.74, 6) is 0. The first kappa shape index (κ1) is 22.5. The number of nitrogens with zero attached hydrogens (tertiary/aromatic N) is 2. The van der Waals surface area contributed by atoms with Crippen molar-refractivity contribution in [3.05, 3.63) is 0 Å². The second-order valence-corrected chi connectivity index (χ2v) is 8.85. The second-order valence-electron chi connectivity index (χ2n) is 8.85. The summed E-state index contributed by atoms with van der Waals surface area (Å²) in [6.07, 6.45) is -2.09. The van der Waals surface area contributed by atoms with E-state index in [0.29, 0.717) is 0 Å². The molecule has 1 heterocycles. The van der Waals surface area contributed by atoms with Crippen LogP contribution < -0.4 is 0 Å². The molecule has 1 saturated heterocycles. The Bertz CT molecular complexity index is 497. The number of aliphatic hydroxyl groups excluding tert-OH is 2. The third-order valence-corrected chi connectivity index (χ3v) is 3.86. The van der Waals surface area contributed by atoms with E-state index < -0.39 is 41.6 Å². The Morgan fingerprint density at radius 1 is 1.15 bits per heavy atom. The molecule has 0 aromatic heterocycles. The first-order valence-corrected chi connectivity index (χ1v) is 8.99. The fraction of sp³-hybridized carbons (Fsp3) is 0.889. The van der Waals surface area contributed by atoms with Gasteiger partial charge in [-0.3, -0.25) is 4.90 Å². The molecule has 0 aromatic rings. The molecule has 0 spiro atoms. The summed E-state index contributed by atoms with van der Waals surface area (Å²) >= 11 is 0. The number of carbonyl (C=O) groups excluding carboxylic acids is 2. The van der Waals surface area contributed by atoms with Gasteiger partial charge >= 0.3 is 12.2 Å². The molecule has 1 aliphatic heterocycles. The lowest BCUT2D eigenvalue weighted by Crippen LogP contribution is -2.46. The van der Waals surface area contributed by atoms with Gasteiger partial charge in [0.15, 0.2) is 0 Å². The largest absolute Gasteiger partial charge is 0.444 e. The highest BCUT2D eigenvalue weighted by molar-refractivity contribution is 5.69. The number of likely N-dealkylation sites (tertiary alicyclic amines) is 1. The molecule has 0 aromatic carbocycles. The van der Waals surface area contributed by atoms with Crippen LogP contribution in [0.15, 0.2) is 0 Å². The predicted octanol–water partition coefficient (Wildman–Crippen LogP) is 1.97. The number of carbonyl (C=O) groups is 2. The van der Waals surface area contributed by atoms with E-state index in [9.17, 15) is 19.8 Å². The molecular weight excluding hydrogens is 340 g/mol. The fourth-order valence-corrected chi connectivity index (χ4v) is 2.69. The lowest BCUT2D eigenvalue weighted by Gasteiger charge is -2.31. The van der Waals surface area contributed by atoms with E-state index in [1.165, 1.54) is 9.80 Å². The van der Waals surface area contributed by atoms with Crippen molar-refractivity contribution in [2.24, 2.45) is 0 Å². The maximum absolute atomic E-state index is 12.3. The Labute approximate surface area is 156 Å². The fourth-order valence-electron chi connectivity index (χ4n) is 2.69. The van der Waals surface area contributed by atoms with Crippen molar-refractivity contribution in [2.45, 2.75) is 83.8 Å². The van der Waals surface area contributed by atoms with Crippen molar-refractivity contribution >= 4 is 12.2 Å². The maximum Gasteiger partial charge on any atom is 0.410 e. The molecule has 3 atom stereocenters. The molecule has 0 saturated carbocycles. The summed E-state index contributed by atoms with van der Waals surface area (Å²) in [6.45, 7) is 11.0. The second kappa shape index (κ2) is 8.43. The number of amides is 2. The Morgan fingerprint density at radius 3 is 2.19 bits per heavy atom. The van der Waals surface area contributed by atoms with E-state index in [-0.39, 0.29) is 25.9 Å². The highest BCUT2D eigenvalue weighted by Gasteiger charge is 2.40. The summed E-state index contributed by atoms with van der Waals surface area (Å²) in [5, 5.41) is 20.4. The van der Waals surface area contributed by atoms with Crippen molar-refractivity contribution in [3.63, 3.8) is 0 Å². The molecule has 152 valence electrons. The third kappa shape index (κ3) is 7.37. The Morgan fingerprint density at radius 2 is 1.69 bits per heavy atom. The molecule has 1 fully saturated rings. The molecule has 2 amide bonds. The summed E-state index contributed by atoms with van der Waals surface area (Å²) in [4.78, 5) is 27.0. The molecule has 0 unspecified atom stereocenters. The molecule has 1 rings (SSSR count). The molecule has 0 radical (unpaired) electrons. The maximum atomic E-state index is 12.3. The van der Waals surface area contributed by atoms with Gasteiger partial charge in [0, 0.05) is 13.6 Å². The Kier molecular flexibility index (Phi) is 7.30. The van der Waals surface area contributed by atoms with Crippen LogP contribution in [-0.4, -0.2) is 81.8 Å². The predicted molar refractivity (Wildman–Crippen MR) is 96.8 cm³/mol. The van der Waals surface area contributed by atoms with Gasteiger partial charge in [-0.2, -0.15) is 0 Å². The summed E-state index contributed by atoms with van der Waals surface area (Å²) in [7, 11) is 1.59. The molecule has 0 bridgehead atoms. The minimum Gasteiger partial charge on any atom is -0.444 e. The SMILES string of the molecule is CN(CC[C@@H](O)[C@@H]1C[C@@H](O)CN1C(=O)OC(C)(C)C)C(=O)OC(C)(C)C. The van der Waals surface area contributed by atoms with Gasteiger partial charge in [-0.1, -0.05) is 0 Å². The van der Waals surface area contributed by atoms with Crippen LogP contribution in [0, 0.1) is 0 Å². The summed E-state index contributed by atoms with van der Waals surface area (Å²) < 4.78 is 10.6. The highest BCUT2D eigenvalue weighted by atomic mass is 16.6. The van der Waals surface area contributed by atoms with E-state index in [1.54, 1.807) is 48.6 Å². The van der Waals surface area contributed by atoms with Crippen molar-refractivity contribution < 1.29 is 29.3 Å². The quantitative estimate of drug-likeness (QED) is 0.780. The number of ether oxygens (including phenoxy) is 2. The standard InChI is InChI=1S/C18H34N2O6/c1-17(2,3)25-15(23)19(7)9-8-14(22)13-10-12(21)11-20(13)16(24)26-18(4,5)6/h12-14,21-22H,8-11H2,1-7H3/t12-,13+,14-/m1/s1. The first-order chi connectivity index (χ1) is 11.7. The molecule has 26 heavy (non-hydrogen) atoms. The van der Waals surface area contributed by atoms with Crippen LogP contribution in [-0.2, 0) is 9.47 Å². The minimum absolute atomic E-state index is 0.124. The van der Waals surface area contributed by atoms with Crippen molar-refractivity contribution in [3.8, 4) is 0 Å². The van der Waals surface area contributed by atoms with Crippen LogP contribution in [0.25, 0.3) is 0 Å². The van der Waals surface area contributed by atoms with Gasteiger partial charge in [0.25, 0.3) is 0 Å². The van der Waals surface area contributed by atoms with E-state index in [1.807, 2.05) is 0 Å². The summed E-state index contributed by atoms with van der Waals surface area (Å²) in [5.41, 5.74) is -1.25. The van der Waals surface area contributed by atoms with Crippen molar-refractivity contribution in [1.82, 2.24) is 9.80 Å². The number of rotatable bonds is 4. The number of β-amino-alcohol motifs (C(OH)–C–C–N with tert-alkyl or cyclic N) is 1. The minimum atomic E-state index is -0.885. The third-order valence-electron chi connectivity index (χ3n) is 3.86. The Hall–Kier alpha value is -1.54. The van der Waals surface area contributed by atoms with Crippen LogP contribution in [0.3, 0.4) is 0 Å². The molecule has 2 N–H and O–H groups in total. The molecule has 1 aliphatic rings. The van der Waals surface area contributed by atoms with Gasteiger partial charge in [-0.15, -0.1) is 0 Å². The lowest BCUT2D eigenvalue weighted by molar-refractivity contribution is -0.0000518. The van der Waals surface area contributed by atoms with E-state index in [0.717, 1.165) is 0 Å². The number of hydrogen-bond donors (Lipinski definition) is 2. The lowest BCUT2D eigenvalue weighted by atomic mass is 10.0. The van der Waals surface area contributed by atoms with Crippen LogP contribution in [0.1, 0.15) is 54.4 Å². The van der Waals surface area contributed by atoms with Crippen molar-refractivity contribution in [1.29, 1.82) is 0 Å². The number of aliphatic hydroxyl groups is 2. The Balaban J connectivity index is 2.62. The monoisotopic (exact) mass is 374 g/mol. The zero-order chi connectivity index (χ0) is 20.3. The van der Waals surface area contributed by atoms with Gasteiger partial charge in [0.1, 0.15) is 11.2 Å². The van der Waals surface area contributed by atoms with Gasteiger partial charge in [0.2, 0.25) is 0 Å². The van der Waals surface area contributed by atoms with Gasteiger partial charge in [-0.05, 0) is 54.4 Å². The first-order valence-electron chi connectivity index (χ1n) is 8.99.